The predicted molar refractivity (Wildman–Crippen MR) is 168 cm³/mol. The number of pyridine rings is 2. The monoisotopic (exact) mass is 728 g/mol. The van der Waals surface area contributed by atoms with Gasteiger partial charge in [-0.3, -0.25) is 0 Å². The van der Waals surface area contributed by atoms with E-state index in [1.54, 1.807) is 0 Å². The maximum absolute atomic E-state index is 4.65. The van der Waals surface area contributed by atoms with Gasteiger partial charge in [0.1, 0.15) is 11.3 Å². The molecule has 3 aromatic heterocycles. The Morgan fingerprint density at radius 1 is 0.833 bits per heavy atom. The molecule has 0 saturated heterocycles. The number of aryl methyl sites for hydroxylation is 1. The summed E-state index contributed by atoms with van der Waals surface area (Å²) in [5.41, 5.74) is 8.71. The summed E-state index contributed by atoms with van der Waals surface area (Å²) in [6, 6.07) is 39.6. The van der Waals surface area contributed by atoms with Crippen LogP contribution < -0.4 is 4.58 Å². The fourth-order valence-corrected chi connectivity index (χ4v) is 5.28. The van der Waals surface area contributed by atoms with Crippen molar-refractivity contribution in [3.8, 4) is 11.3 Å². The second-order valence-corrected chi connectivity index (χ2v) is 10.8. The first kappa shape index (κ1) is 29.3. The third kappa shape index (κ3) is 5.49. The molecule has 5 nitrogen and oxygen atoms in total. The van der Waals surface area contributed by atoms with Gasteiger partial charge in [0.2, 0.25) is 0 Å². The molecule has 0 fully saturated rings. The van der Waals surface area contributed by atoms with Crippen LogP contribution in [-0.2, 0) is 20.1 Å². The van der Waals surface area contributed by atoms with E-state index in [0.717, 1.165) is 28.3 Å². The van der Waals surface area contributed by atoms with Crippen LogP contribution in [0.4, 0.5) is 17.1 Å². The van der Waals surface area contributed by atoms with Crippen molar-refractivity contribution < 1.29 is 24.7 Å². The van der Waals surface area contributed by atoms with Gasteiger partial charge in [-0.25, -0.2) is 4.98 Å². The first-order valence-corrected chi connectivity index (χ1v) is 14.1. The summed E-state index contributed by atoms with van der Waals surface area (Å²) in [5.74, 6) is 0. The van der Waals surface area contributed by atoms with Crippen LogP contribution in [0.25, 0.3) is 33.2 Å². The Morgan fingerprint density at radius 3 is 2.31 bits per heavy atom. The number of hydrogen-bond donors (Lipinski definition) is 0. The van der Waals surface area contributed by atoms with Gasteiger partial charge in [-0.2, -0.15) is 6.07 Å². The topological polar surface area (TPSA) is 36.7 Å². The quantitative estimate of drug-likeness (QED) is 0.135. The zero-order valence-corrected chi connectivity index (χ0v) is 26.9. The summed E-state index contributed by atoms with van der Waals surface area (Å²) in [5, 5.41) is 2.36. The second kappa shape index (κ2) is 12.3. The standard InChI is InChI=1S/C24H23N4.C12H10N.Ir/c1-16(2)26-15-27(22-10-6-5-9-21(22)26)18-11-12-19-20-8-7-13-25-24(20)28(17(3)4)23(19)14-18;1-10-7-8-12(13-9-10)11-5-3-2-4-6-11;/h5-10,12-14,16-17H,1-4H3;2-5,7-9H,1H3;/q+1;-1;. The fourth-order valence-electron chi connectivity index (χ4n) is 5.28. The molecule has 0 bridgehead atoms. The number of benzene rings is 3. The molecule has 7 rings (SSSR count). The Labute approximate surface area is 260 Å². The molecule has 1 radical (unpaired) electrons. The molecule has 4 heterocycles. The molecule has 0 spiro atoms. The van der Waals surface area contributed by atoms with Gasteiger partial charge in [0.15, 0.2) is 6.04 Å². The van der Waals surface area contributed by atoms with Crippen molar-refractivity contribution in [3.05, 3.63) is 115 Å². The van der Waals surface area contributed by atoms with Crippen molar-refractivity contribution in [1.29, 1.82) is 0 Å². The van der Waals surface area contributed by atoms with Crippen LogP contribution in [0.3, 0.4) is 0 Å². The van der Waals surface area contributed by atoms with Crippen LogP contribution in [0.1, 0.15) is 39.3 Å². The van der Waals surface area contributed by atoms with Crippen LogP contribution in [0, 0.1) is 19.1 Å². The van der Waals surface area contributed by atoms with Crippen LogP contribution in [0.2, 0.25) is 0 Å². The maximum atomic E-state index is 4.65. The Bertz CT molecular complexity index is 1930. The average molecular weight is 728 g/mol. The van der Waals surface area contributed by atoms with Crippen LogP contribution in [-0.4, -0.2) is 31.2 Å². The fraction of sp³-hybridized carbons (Fsp3) is 0.194. The number of aromatic nitrogens is 3. The molecule has 0 aliphatic carbocycles. The minimum atomic E-state index is 0. The minimum absolute atomic E-state index is 0. The molecule has 42 heavy (non-hydrogen) atoms. The second-order valence-electron chi connectivity index (χ2n) is 10.8. The molecule has 0 amide bonds. The molecule has 0 N–H and O–H groups in total. The number of fused-ring (bicyclic) bond motifs is 4. The molecule has 0 atom stereocenters. The number of nitrogens with zero attached hydrogens (tertiary/aromatic N) is 5. The molecule has 3 aromatic carbocycles. The van der Waals surface area contributed by atoms with E-state index < -0.39 is 0 Å². The number of para-hydroxylation sites is 2. The molecular formula is C36H33IrN5. The van der Waals surface area contributed by atoms with E-state index in [0.29, 0.717) is 12.1 Å². The molecule has 1 aliphatic rings. The molecule has 0 unspecified atom stereocenters. The Kier molecular flexibility index (Phi) is 8.61. The van der Waals surface area contributed by atoms with Crippen molar-refractivity contribution in [1.82, 2.24) is 19.1 Å². The Balaban J connectivity index is 0.000000212. The summed E-state index contributed by atoms with van der Waals surface area (Å²) in [7, 11) is 0. The average Bonchev–Trinajstić information content (AvgIpc) is 3.55. The summed E-state index contributed by atoms with van der Waals surface area (Å²) < 4.78 is 6.61. The molecule has 6 aromatic rings. The number of hydrogen-bond acceptors (Lipinski definition) is 2. The third-order valence-electron chi connectivity index (χ3n) is 7.24. The largest absolute Gasteiger partial charge is 0.494 e. The summed E-state index contributed by atoms with van der Waals surface area (Å²) >= 11 is 0. The van der Waals surface area contributed by atoms with Crippen molar-refractivity contribution in [2.45, 2.75) is 46.7 Å². The van der Waals surface area contributed by atoms with Crippen LogP contribution in [0.5, 0.6) is 0 Å². The predicted octanol–water partition coefficient (Wildman–Crippen LogP) is 8.50. The van der Waals surface area contributed by atoms with Gasteiger partial charge in [0.05, 0.1) is 0 Å². The Morgan fingerprint density at radius 2 is 1.62 bits per heavy atom. The normalized spacial score (nSPS) is 12.1. The van der Waals surface area contributed by atoms with Crippen molar-refractivity contribution in [2.75, 3.05) is 0 Å². The van der Waals surface area contributed by atoms with E-state index >= 15 is 0 Å². The van der Waals surface area contributed by atoms with E-state index in [2.05, 4.69) is 118 Å². The van der Waals surface area contributed by atoms with E-state index in [9.17, 15) is 0 Å². The van der Waals surface area contributed by atoms with Gasteiger partial charge >= 0.3 is 6.01 Å². The molecule has 211 valence electrons. The van der Waals surface area contributed by atoms with E-state index in [-0.39, 0.29) is 20.1 Å². The first-order chi connectivity index (χ1) is 19.9. The van der Waals surface area contributed by atoms with E-state index in [4.69, 9.17) is 0 Å². The third-order valence-corrected chi connectivity index (χ3v) is 7.24. The molecular weight excluding hydrogens is 695 g/mol. The minimum Gasteiger partial charge on any atom is -0.347 e. The van der Waals surface area contributed by atoms with Gasteiger partial charge in [-0.1, -0.05) is 51.1 Å². The first-order valence-electron chi connectivity index (χ1n) is 14.1. The van der Waals surface area contributed by atoms with E-state index in [1.807, 2.05) is 55.7 Å². The maximum Gasteiger partial charge on any atom is 0.494 e. The van der Waals surface area contributed by atoms with E-state index in [1.165, 1.54) is 27.5 Å². The van der Waals surface area contributed by atoms with Crippen molar-refractivity contribution in [2.24, 2.45) is 0 Å². The SMILES string of the molecule is CC(C)n1c2cc([N+]3=C=[N+](C(C)C)c4ccccc43)[c-]cc2c2cccnc21.Cc1ccc(-c2[c-]cccc2)nc1.[Ir]. The van der Waals surface area contributed by atoms with Gasteiger partial charge in [-0.15, -0.1) is 47.3 Å². The van der Waals surface area contributed by atoms with Crippen LogP contribution >= 0.6 is 0 Å². The molecule has 6 heteroatoms. The summed E-state index contributed by atoms with van der Waals surface area (Å²) in [4.78, 5) is 8.97. The van der Waals surface area contributed by atoms with Gasteiger partial charge in [-0.05, 0) is 57.3 Å². The van der Waals surface area contributed by atoms with Gasteiger partial charge in [0.25, 0.3) is 11.4 Å². The zero-order valence-electron chi connectivity index (χ0n) is 24.5. The Hall–Kier alpha value is -4.21. The smallest absolute Gasteiger partial charge is 0.347 e. The summed E-state index contributed by atoms with van der Waals surface area (Å²) in [6.07, 6.45) is 3.74. The molecule has 1 aliphatic heterocycles. The number of rotatable bonds is 4. The van der Waals surface area contributed by atoms with Crippen molar-refractivity contribution in [3.63, 3.8) is 0 Å². The van der Waals surface area contributed by atoms with Crippen molar-refractivity contribution >= 4 is 45.0 Å². The van der Waals surface area contributed by atoms with Gasteiger partial charge < -0.3 is 9.55 Å². The van der Waals surface area contributed by atoms with Crippen LogP contribution in [0.15, 0.2) is 97.3 Å². The molecule has 0 saturated carbocycles. The van der Waals surface area contributed by atoms with Gasteiger partial charge in [0, 0.05) is 50.7 Å². The summed E-state index contributed by atoms with van der Waals surface area (Å²) in [6.45, 7) is 10.8. The zero-order chi connectivity index (χ0) is 28.5.